The van der Waals surface area contributed by atoms with Gasteiger partial charge in [-0.3, -0.25) is 4.79 Å². The Hall–Kier alpha value is -2.28. The van der Waals surface area contributed by atoms with E-state index in [9.17, 15) is 9.59 Å². The van der Waals surface area contributed by atoms with Gasteiger partial charge in [-0.05, 0) is 43.4 Å². The lowest BCUT2D eigenvalue weighted by Crippen LogP contribution is -2.32. The van der Waals surface area contributed by atoms with Crippen molar-refractivity contribution in [3.8, 4) is 5.69 Å². The lowest BCUT2D eigenvalue weighted by molar-refractivity contribution is 0.0695. The van der Waals surface area contributed by atoms with Gasteiger partial charge < -0.3 is 10.0 Å². The van der Waals surface area contributed by atoms with Gasteiger partial charge in [0.2, 0.25) is 0 Å². The summed E-state index contributed by atoms with van der Waals surface area (Å²) in [5.41, 5.74) is 2.13. The smallest absolute Gasteiger partial charge is 0.339 e. The van der Waals surface area contributed by atoms with E-state index in [-0.39, 0.29) is 11.5 Å². The topological polar surface area (TPSA) is 75.4 Å². The first kappa shape index (κ1) is 16.6. The number of aromatic carboxylic acids is 1. The standard InChI is InChI=1S/C17H19N3O3S/c1-12-15(17(22)23)11-18-20(12)14-5-3-13(4-6-14)16(21)19-7-2-9-24-10-8-19/h3-6,11H,2,7-10H2,1H3,(H,22,23). The summed E-state index contributed by atoms with van der Waals surface area (Å²) in [6, 6.07) is 7.14. The van der Waals surface area contributed by atoms with Crippen molar-refractivity contribution in [1.82, 2.24) is 14.7 Å². The highest BCUT2D eigenvalue weighted by Crippen LogP contribution is 2.17. The normalized spacial score (nSPS) is 15.1. The summed E-state index contributed by atoms with van der Waals surface area (Å²) in [6.45, 7) is 3.30. The van der Waals surface area contributed by atoms with Gasteiger partial charge in [-0.15, -0.1) is 0 Å². The Labute approximate surface area is 144 Å². The van der Waals surface area contributed by atoms with Crippen LogP contribution in [-0.4, -0.2) is 56.3 Å². The van der Waals surface area contributed by atoms with E-state index in [4.69, 9.17) is 5.11 Å². The van der Waals surface area contributed by atoms with Gasteiger partial charge in [-0.2, -0.15) is 16.9 Å². The van der Waals surface area contributed by atoms with Gasteiger partial charge in [-0.1, -0.05) is 0 Å². The zero-order valence-corrected chi connectivity index (χ0v) is 14.3. The van der Waals surface area contributed by atoms with Crippen LogP contribution in [0.2, 0.25) is 0 Å². The highest BCUT2D eigenvalue weighted by Gasteiger charge is 2.18. The third-order valence-electron chi connectivity index (χ3n) is 4.11. The van der Waals surface area contributed by atoms with E-state index in [2.05, 4.69) is 5.10 Å². The molecular weight excluding hydrogens is 326 g/mol. The maximum atomic E-state index is 12.6. The number of carboxylic acids is 1. The zero-order chi connectivity index (χ0) is 17.1. The molecule has 7 heteroatoms. The van der Waals surface area contributed by atoms with Crippen molar-refractivity contribution in [2.75, 3.05) is 24.6 Å². The molecule has 126 valence electrons. The van der Waals surface area contributed by atoms with Gasteiger partial charge in [0.1, 0.15) is 5.56 Å². The monoisotopic (exact) mass is 345 g/mol. The molecule has 1 aromatic heterocycles. The highest BCUT2D eigenvalue weighted by molar-refractivity contribution is 7.99. The summed E-state index contributed by atoms with van der Waals surface area (Å²) in [6.07, 6.45) is 2.37. The molecule has 0 saturated carbocycles. The first-order valence-electron chi connectivity index (χ1n) is 7.83. The lowest BCUT2D eigenvalue weighted by atomic mass is 10.1. The van der Waals surface area contributed by atoms with E-state index in [0.29, 0.717) is 11.3 Å². The van der Waals surface area contributed by atoms with Crippen LogP contribution in [0.4, 0.5) is 0 Å². The van der Waals surface area contributed by atoms with Gasteiger partial charge in [0.25, 0.3) is 5.91 Å². The summed E-state index contributed by atoms with van der Waals surface area (Å²) in [7, 11) is 0. The summed E-state index contributed by atoms with van der Waals surface area (Å²) >= 11 is 1.88. The summed E-state index contributed by atoms with van der Waals surface area (Å²) < 4.78 is 1.57. The molecule has 2 aromatic rings. The lowest BCUT2D eigenvalue weighted by Gasteiger charge is -2.20. The predicted octanol–water partition coefficient (Wildman–Crippen LogP) is 2.46. The summed E-state index contributed by atoms with van der Waals surface area (Å²) in [4.78, 5) is 25.6. The minimum Gasteiger partial charge on any atom is -0.478 e. The van der Waals surface area contributed by atoms with Crippen LogP contribution in [0.1, 0.15) is 32.8 Å². The van der Waals surface area contributed by atoms with Crippen LogP contribution in [0.3, 0.4) is 0 Å². The van der Waals surface area contributed by atoms with Crippen LogP contribution in [0.25, 0.3) is 5.69 Å². The molecule has 0 aliphatic carbocycles. The number of rotatable bonds is 3. The molecule has 0 radical (unpaired) electrons. The van der Waals surface area contributed by atoms with Crippen LogP contribution in [-0.2, 0) is 0 Å². The Balaban J connectivity index is 1.80. The molecular formula is C17H19N3O3S. The minimum atomic E-state index is -0.996. The van der Waals surface area contributed by atoms with Crippen LogP contribution in [0.15, 0.2) is 30.5 Å². The van der Waals surface area contributed by atoms with Crippen molar-refractivity contribution in [2.45, 2.75) is 13.3 Å². The molecule has 1 aliphatic rings. The SMILES string of the molecule is Cc1c(C(=O)O)cnn1-c1ccc(C(=O)N2CCCSCC2)cc1. The van der Waals surface area contributed by atoms with Crippen LogP contribution in [0, 0.1) is 6.92 Å². The van der Waals surface area contributed by atoms with Crippen molar-refractivity contribution in [1.29, 1.82) is 0 Å². The Morgan fingerprint density at radius 1 is 1.17 bits per heavy atom. The van der Waals surface area contributed by atoms with Gasteiger partial charge in [0, 0.05) is 24.4 Å². The number of benzene rings is 1. The van der Waals surface area contributed by atoms with Gasteiger partial charge in [0.05, 0.1) is 17.6 Å². The minimum absolute atomic E-state index is 0.0486. The number of amides is 1. The Morgan fingerprint density at radius 3 is 2.58 bits per heavy atom. The molecule has 1 saturated heterocycles. The fraction of sp³-hybridized carbons (Fsp3) is 0.353. The molecule has 0 unspecified atom stereocenters. The van der Waals surface area contributed by atoms with Crippen molar-refractivity contribution >= 4 is 23.6 Å². The zero-order valence-electron chi connectivity index (χ0n) is 13.4. The maximum absolute atomic E-state index is 12.6. The second kappa shape index (κ2) is 7.09. The Bertz CT molecular complexity index is 747. The van der Waals surface area contributed by atoms with Gasteiger partial charge >= 0.3 is 5.97 Å². The largest absolute Gasteiger partial charge is 0.478 e. The fourth-order valence-corrected chi connectivity index (χ4v) is 3.64. The number of carbonyl (C=O) groups excluding carboxylic acids is 1. The second-order valence-electron chi connectivity index (χ2n) is 5.67. The number of nitrogens with zero attached hydrogens (tertiary/aromatic N) is 3. The molecule has 0 bridgehead atoms. The molecule has 1 N–H and O–H groups in total. The van der Waals surface area contributed by atoms with E-state index in [1.165, 1.54) is 6.20 Å². The number of hydrogen-bond donors (Lipinski definition) is 1. The molecule has 2 heterocycles. The molecule has 1 aliphatic heterocycles. The number of aromatic nitrogens is 2. The first-order valence-corrected chi connectivity index (χ1v) is 8.99. The number of carboxylic acid groups (broad SMARTS) is 1. The molecule has 1 amide bonds. The maximum Gasteiger partial charge on any atom is 0.339 e. The third-order valence-corrected chi connectivity index (χ3v) is 5.16. The molecule has 3 rings (SSSR count). The third kappa shape index (κ3) is 3.31. The number of thioether (sulfide) groups is 1. The van der Waals surface area contributed by atoms with Gasteiger partial charge in [0.15, 0.2) is 0 Å². The molecule has 0 spiro atoms. The van der Waals surface area contributed by atoms with E-state index < -0.39 is 5.97 Å². The van der Waals surface area contributed by atoms with Crippen molar-refractivity contribution in [2.24, 2.45) is 0 Å². The average molecular weight is 345 g/mol. The van der Waals surface area contributed by atoms with E-state index in [0.717, 1.165) is 36.7 Å². The molecule has 0 atom stereocenters. The first-order chi connectivity index (χ1) is 11.6. The van der Waals surface area contributed by atoms with E-state index in [1.807, 2.05) is 16.7 Å². The molecule has 1 aromatic carbocycles. The van der Waals surface area contributed by atoms with Crippen molar-refractivity contribution in [3.63, 3.8) is 0 Å². The molecule has 24 heavy (non-hydrogen) atoms. The van der Waals surface area contributed by atoms with Crippen LogP contribution < -0.4 is 0 Å². The molecule has 1 fully saturated rings. The number of carbonyl (C=O) groups is 2. The summed E-state index contributed by atoms with van der Waals surface area (Å²) in [5.74, 6) is 1.14. The van der Waals surface area contributed by atoms with Crippen molar-refractivity contribution < 1.29 is 14.7 Å². The Morgan fingerprint density at radius 2 is 1.92 bits per heavy atom. The quantitative estimate of drug-likeness (QED) is 0.925. The number of hydrogen-bond acceptors (Lipinski definition) is 4. The average Bonchev–Trinajstić information content (AvgIpc) is 2.80. The fourth-order valence-electron chi connectivity index (χ4n) is 2.76. The highest BCUT2D eigenvalue weighted by atomic mass is 32.2. The van der Waals surface area contributed by atoms with E-state index >= 15 is 0 Å². The predicted molar refractivity (Wildman–Crippen MR) is 93.1 cm³/mol. The summed E-state index contributed by atoms with van der Waals surface area (Å²) in [5, 5.41) is 13.2. The second-order valence-corrected chi connectivity index (χ2v) is 6.89. The Kier molecular flexibility index (Phi) is 4.89. The van der Waals surface area contributed by atoms with E-state index in [1.54, 1.807) is 35.9 Å². The molecule has 6 nitrogen and oxygen atoms in total. The van der Waals surface area contributed by atoms with Crippen molar-refractivity contribution in [3.05, 3.63) is 47.3 Å². The van der Waals surface area contributed by atoms with Crippen LogP contribution >= 0.6 is 11.8 Å². The van der Waals surface area contributed by atoms with Gasteiger partial charge in [-0.25, -0.2) is 9.48 Å². The van der Waals surface area contributed by atoms with Crippen LogP contribution in [0.5, 0.6) is 0 Å².